The summed E-state index contributed by atoms with van der Waals surface area (Å²) < 4.78 is 11.4. The Morgan fingerprint density at radius 1 is 1.33 bits per heavy atom. The van der Waals surface area contributed by atoms with E-state index in [1.165, 1.54) is 18.4 Å². The van der Waals surface area contributed by atoms with Gasteiger partial charge in [-0.1, -0.05) is 12.1 Å². The molecule has 0 aromatic heterocycles. The summed E-state index contributed by atoms with van der Waals surface area (Å²) in [6.45, 7) is 1.75. The summed E-state index contributed by atoms with van der Waals surface area (Å²) in [5, 5.41) is 3.42. The van der Waals surface area contributed by atoms with E-state index in [1.807, 2.05) is 7.05 Å². The Kier molecular flexibility index (Phi) is 3.52. The molecule has 1 aromatic carbocycles. The third-order valence-corrected chi connectivity index (χ3v) is 3.79. The van der Waals surface area contributed by atoms with E-state index in [-0.39, 0.29) is 0 Å². The van der Waals surface area contributed by atoms with Crippen molar-refractivity contribution in [1.29, 1.82) is 0 Å². The fourth-order valence-electron chi connectivity index (χ4n) is 2.65. The van der Waals surface area contributed by atoms with Crippen LogP contribution in [0.2, 0.25) is 0 Å². The van der Waals surface area contributed by atoms with Gasteiger partial charge < -0.3 is 14.8 Å². The first-order valence-electron chi connectivity index (χ1n) is 6.88. The minimum absolute atomic E-state index is 0.371. The van der Waals surface area contributed by atoms with E-state index in [1.54, 1.807) is 0 Å². The zero-order chi connectivity index (χ0) is 12.4. The van der Waals surface area contributed by atoms with Crippen LogP contribution in [0.3, 0.4) is 0 Å². The average Bonchev–Trinajstić information content (AvgIpc) is 3.04. The largest absolute Gasteiger partial charge is 0.490 e. The van der Waals surface area contributed by atoms with Crippen LogP contribution in [0, 0.1) is 5.92 Å². The summed E-state index contributed by atoms with van der Waals surface area (Å²) in [7, 11) is 2.03. The number of nitrogens with one attached hydrogen (secondary N) is 1. The second-order valence-corrected chi connectivity index (χ2v) is 5.28. The van der Waals surface area contributed by atoms with E-state index in [4.69, 9.17) is 9.47 Å². The van der Waals surface area contributed by atoms with Gasteiger partial charge in [0.15, 0.2) is 0 Å². The van der Waals surface area contributed by atoms with E-state index in [9.17, 15) is 0 Å². The molecule has 1 N–H and O–H groups in total. The smallest absolute Gasteiger partial charge is 0.120 e. The highest BCUT2D eigenvalue weighted by Gasteiger charge is 2.27. The molecule has 98 valence electrons. The van der Waals surface area contributed by atoms with Crippen molar-refractivity contribution in [3.8, 4) is 5.75 Å². The number of rotatable bonds is 5. The molecule has 18 heavy (non-hydrogen) atoms. The second kappa shape index (κ2) is 5.29. The van der Waals surface area contributed by atoms with Gasteiger partial charge in [0, 0.05) is 18.6 Å². The molecule has 2 atom stereocenters. The van der Waals surface area contributed by atoms with Gasteiger partial charge in [-0.3, -0.25) is 0 Å². The maximum absolute atomic E-state index is 5.86. The Bertz CT molecular complexity index is 397. The van der Waals surface area contributed by atoms with Crippen molar-refractivity contribution in [3.63, 3.8) is 0 Å². The highest BCUT2D eigenvalue weighted by Crippen LogP contribution is 2.32. The van der Waals surface area contributed by atoms with Crippen LogP contribution < -0.4 is 10.1 Å². The van der Waals surface area contributed by atoms with Crippen LogP contribution in [0.1, 0.15) is 30.9 Å². The van der Waals surface area contributed by atoms with Gasteiger partial charge in [0.25, 0.3) is 0 Å². The lowest BCUT2D eigenvalue weighted by Gasteiger charge is -2.22. The number of hydrogen-bond donors (Lipinski definition) is 1. The molecule has 3 heteroatoms. The van der Waals surface area contributed by atoms with Crippen molar-refractivity contribution in [1.82, 2.24) is 5.32 Å². The Labute approximate surface area is 108 Å². The summed E-state index contributed by atoms with van der Waals surface area (Å²) >= 11 is 0. The van der Waals surface area contributed by atoms with Crippen molar-refractivity contribution < 1.29 is 9.47 Å². The van der Waals surface area contributed by atoms with Crippen LogP contribution in [0.4, 0.5) is 0 Å². The fourth-order valence-corrected chi connectivity index (χ4v) is 2.65. The summed E-state index contributed by atoms with van der Waals surface area (Å²) in [6.07, 6.45) is 4.01. The monoisotopic (exact) mass is 247 g/mol. The molecule has 0 amide bonds. The topological polar surface area (TPSA) is 30.5 Å². The minimum Gasteiger partial charge on any atom is -0.490 e. The predicted octanol–water partition coefficient (Wildman–Crippen LogP) is 2.52. The minimum atomic E-state index is 0.371. The van der Waals surface area contributed by atoms with Gasteiger partial charge in [-0.05, 0) is 44.0 Å². The molecule has 2 unspecified atom stereocenters. The first kappa shape index (κ1) is 12.0. The first-order chi connectivity index (χ1) is 8.86. The van der Waals surface area contributed by atoms with E-state index >= 15 is 0 Å². The van der Waals surface area contributed by atoms with Gasteiger partial charge >= 0.3 is 0 Å². The number of ether oxygens (including phenoxy) is 2. The van der Waals surface area contributed by atoms with E-state index in [2.05, 4.69) is 29.6 Å². The van der Waals surface area contributed by atoms with Crippen molar-refractivity contribution in [2.75, 3.05) is 20.3 Å². The summed E-state index contributed by atoms with van der Waals surface area (Å²) in [5.74, 6) is 1.58. The summed E-state index contributed by atoms with van der Waals surface area (Å²) in [4.78, 5) is 0. The first-order valence-corrected chi connectivity index (χ1v) is 6.88. The van der Waals surface area contributed by atoms with Crippen molar-refractivity contribution in [2.24, 2.45) is 5.92 Å². The molecule has 3 rings (SSSR count). The standard InChI is InChI=1S/C15H21NO2/c1-16-15(12-7-8-17-10-12)11-3-2-4-14(9-11)18-13-5-6-13/h2-4,9,12-13,15-16H,5-8,10H2,1H3. The van der Waals surface area contributed by atoms with Crippen LogP contribution >= 0.6 is 0 Å². The molecule has 2 fully saturated rings. The van der Waals surface area contributed by atoms with Crippen LogP contribution in [0.25, 0.3) is 0 Å². The molecule has 1 saturated heterocycles. The van der Waals surface area contributed by atoms with Crippen molar-refractivity contribution in [3.05, 3.63) is 29.8 Å². The van der Waals surface area contributed by atoms with Crippen LogP contribution in [-0.2, 0) is 4.74 Å². The van der Waals surface area contributed by atoms with Gasteiger partial charge in [0.1, 0.15) is 5.75 Å². The van der Waals surface area contributed by atoms with E-state index in [0.717, 1.165) is 25.4 Å². The molecular weight excluding hydrogens is 226 g/mol. The third kappa shape index (κ3) is 2.68. The third-order valence-electron chi connectivity index (χ3n) is 3.79. The normalized spacial score (nSPS) is 25.1. The SMILES string of the molecule is CNC(c1cccc(OC2CC2)c1)C1CCOC1. The molecule has 0 radical (unpaired) electrons. The summed E-state index contributed by atoms with van der Waals surface area (Å²) in [6, 6.07) is 8.87. The maximum atomic E-state index is 5.86. The van der Waals surface area contributed by atoms with E-state index < -0.39 is 0 Å². The van der Waals surface area contributed by atoms with Gasteiger partial charge in [0.05, 0.1) is 12.7 Å². The molecule has 0 bridgehead atoms. The summed E-state index contributed by atoms with van der Waals surface area (Å²) in [5.41, 5.74) is 1.31. The van der Waals surface area contributed by atoms with Gasteiger partial charge in [-0.2, -0.15) is 0 Å². The highest BCUT2D eigenvalue weighted by atomic mass is 16.5. The Hall–Kier alpha value is -1.06. The lowest BCUT2D eigenvalue weighted by molar-refractivity contribution is 0.177. The lowest BCUT2D eigenvalue weighted by atomic mass is 9.92. The molecule has 2 aliphatic rings. The van der Waals surface area contributed by atoms with Gasteiger partial charge in [0.2, 0.25) is 0 Å². The van der Waals surface area contributed by atoms with Gasteiger partial charge in [-0.15, -0.1) is 0 Å². The fraction of sp³-hybridized carbons (Fsp3) is 0.600. The Morgan fingerprint density at radius 3 is 2.89 bits per heavy atom. The second-order valence-electron chi connectivity index (χ2n) is 5.28. The Balaban J connectivity index is 1.75. The molecule has 0 spiro atoms. The quantitative estimate of drug-likeness (QED) is 0.867. The molecule has 1 aromatic rings. The zero-order valence-corrected chi connectivity index (χ0v) is 10.9. The van der Waals surface area contributed by atoms with Gasteiger partial charge in [-0.25, -0.2) is 0 Å². The van der Waals surface area contributed by atoms with E-state index in [0.29, 0.717) is 18.1 Å². The average molecular weight is 247 g/mol. The molecule has 1 saturated carbocycles. The zero-order valence-electron chi connectivity index (χ0n) is 10.9. The molecule has 3 nitrogen and oxygen atoms in total. The van der Waals surface area contributed by atoms with Crippen LogP contribution in [0.15, 0.2) is 24.3 Å². The van der Waals surface area contributed by atoms with Crippen molar-refractivity contribution >= 4 is 0 Å². The molecular formula is C15H21NO2. The molecule has 1 aliphatic heterocycles. The number of benzene rings is 1. The maximum Gasteiger partial charge on any atom is 0.120 e. The number of hydrogen-bond acceptors (Lipinski definition) is 3. The van der Waals surface area contributed by atoms with Crippen LogP contribution in [-0.4, -0.2) is 26.4 Å². The highest BCUT2D eigenvalue weighted by molar-refractivity contribution is 5.31. The van der Waals surface area contributed by atoms with Crippen LogP contribution in [0.5, 0.6) is 5.75 Å². The Morgan fingerprint density at radius 2 is 2.22 bits per heavy atom. The lowest BCUT2D eigenvalue weighted by Crippen LogP contribution is -2.25. The molecule has 1 heterocycles. The molecule has 1 aliphatic carbocycles. The van der Waals surface area contributed by atoms with Crippen molar-refractivity contribution in [2.45, 2.75) is 31.4 Å². The predicted molar refractivity (Wildman–Crippen MR) is 70.8 cm³/mol.